The van der Waals surface area contributed by atoms with Crippen molar-refractivity contribution in [3.8, 4) is 17.2 Å². The summed E-state index contributed by atoms with van der Waals surface area (Å²) in [5.41, 5.74) is 3.65. The van der Waals surface area contributed by atoms with Gasteiger partial charge < -0.3 is 19.8 Å². The number of anilines is 2. The second-order valence-electron chi connectivity index (χ2n) is 7.57. The molecule has 0 aliphatic carbocycles. The van der Waals surface area contributed by atoms with Crippen LogP contribution in [0.25, 0.3) is 11.5 Å². The van der Waals surface area contributed by atoms with Gasteiger partial charge in [-0.05, 0) is 74.5 Å². The van der Waals surface area contributed by atoms with Gasteiger partial charge in [-0.2, -0.15) is 0 Å². The van der Waals surface area contributed by atoms with Gasteiger partial charge in [-0.3, -0.25) is 9.59 Å². The molecule has 9 heteroatoms. The first-order valence-electron chi connectivity index (χ1n) is 11.0. The molecule has 0 atom stereocenters. The van der Waals surface area contributed by atoms with Gasteiger partial charge in [0, 0.05) is 22.5 Å². The first-order chi connectivity index (χ1) is 17.0. The normalized spacial score (nSPS) is 10.6. The lowest BCUT2D eigenvalue weighted by molar-refractivity contribution is -0.113. The van der Waals surface area contributed by atoms with Gasteiger partial charge in [0.15, 0.2) is 0 Å². The predicted octanol–water partition coefficient (Wildman–Crippen LogP) is 5.43. The summed E-state index contributed by atoms with van der Waals surface area (Å²) >= 11 is 1.16. The highest BCUT2D eigenvalue weighted by Gasteiger charge is 2.12. The molecule has 2 N–H and O–H groups in total. The van der Waals surface area contributed by atoms with Crippen LogP contribution in [-0.2, 0) is 4.79 Å². The van der Waals surface area contributed by atoms with Gasteiger partial charge >= 0.3 is 0 Å². The van der Waals surface area contributed by atoms with Crippen molar-refractivity contribution in [1.82, 2.24) is 10.2 Å². The van der Waals surface area contributed by atoms with E-state index in [1.165, 1.54) is 0 Å². The average molecular weight is 489 g/mol. The lowest BCUT2D eigenvalue weighted by atomic mass is 10.1. The molecule has 0 spiro atoms. The Hall–Kier alpha value is -4.11. The topological polar surface area (TPSA) is 106 Å². The maximum atomic E-state index is 12.5. The first-order valence-corrected chi connectivity index (χ1v) is 12.0. The summed E-state index contributed by atoms with van der Waals surface area (Å²) in [6.07, 6.45) is 0. The third kappa shape index (κ3) is 6.70. The van der Waals surface area contributed by atoms with Gasteiger partial charge in [0.05, 0.1) is 12.4 Å². The van der Waals surface area contributed by atoms with Gasteiger partial charge in [0.25, 0.3) is 11.1 Å². The standard InChI is InChI=1S/C26H24N4O4S/c1-3-33-22-13-11-21(12-14-22)28-24(32)18-7-9-20(10-8-18)27-23(31)16-35-26-30-29-25(34-26)19-6-4-5-17(2)15-19/h4-15H,3,16H2,1-2H3,(H,27,31)(H,28,32). The maximum absolute atomic E-state index is 12.5. The number of aromatic nitrogens is 2. The molecule has 35 heavy (non-hydrogen) atoms. The predicted molar refractivity (Wildman–Crippen MR) is 136 cm³/mol. The Labute approximate surface area is 207 Å². The van der Waals surface area contributed by atoms with Crippen LogP contribution in [0.3, 0.4) is 0 Å². The van der Waals surface area contributed by atoms with Crippen molar-refractivity contribution in [3.63, 3.8) is 0 Å². The lowest BCUT2D eigenvalue weighted by Crippen LogP contribution is -2.15. The highest BCUT2D eigenvalue weighted by Crippen LogP contribution is 2.24. The van der Waals surface area contributed by atoms with Crippen molar-refractivity contribution < 1.29 is 18.7 Å². The number of ether oxygens (including phenoxy) is 1. The molecule has 4 rings (SSSR count). The second-order valence-corrected chi connectivity index (χ2v) is 8.49. The summed E-state index contributed by atoms with van der Waals surface area (Å²) in [7, 11) is 0. The van der Waals surface area contributed by atoms with Crippen molar-refractivity contribution in [2.24, 2.45) is 0 Å². The molecule has 8 nitrogen and oxygen atoms in total. The number of hydrogen-bond donors (Lipinski definition) is 2. The fourth-order valence-electron chi connectivity index (χ4n) is 3.20. The van der Waals surface area contributed by atoms with Crippen LogP contribution < -0.4 is 15.4 Å². The highest BCUT2D eigenvalue weighted by molar-refractivity contribution is 7.99. The summed E-state index contributed by atoms with van der Waals surface area (Å²) in [5.74, 6) is 0.792. The zero-order valence-electron chi connectivity index (χ0n) is 19.3. The van der Waals surface area contributed by atoms with E-state index in [2.05, 4.69) is 20.8 Å². The van der Waals surface area contributed by atoms with Crippen molar-refractivity contribution in [3.05, 3.63) is 83.9 Å². The molecule has 0 fully saturated rings. The number of nitrogens with zero attached hydrogens (tertiary/aromatic N) is 2. The molecule has 0 aliphatic heterocycles. The summed E-state index contributed by atoms with van der Waals surface area (Å²) in [5, 5.41) is 14.0. The summed E-state index contributed by atoms with van der Waals surface area (Å²) in [6, 6.07) is 21.6. The Morgan fingerprint density at radius 2 is 1.66 bits per heavy atom. The number of carbonyl (C=O) groups excluding carboxylic acids is 2. The van der Waals surface area contributed by atoms with E-state index in [9.17, 15) is 9.59 Å². The highest BCUT2D eigenvalue weighted by atomic mass is 32.2. The minimum Gasteiger partial charge on any atom is -0.494 e. The molecule has 0 saturated carbocycles. The van der Waals surface area contributed by atoms with Crippen LogP contribution >= 0.6 is 11.8 Å². The number of rotatable bonds is 9. The summed E-state index contributed by atoms with van der Waals surface area (Å²) in [6.45, 7) is 4.48. The first kappa shape index (κ1) is 24.0. The average Bonchev–Trinajstić information content (AvgIpc) is 3.34. The van der Waals surface area contributed by atoms with Crippen LogP contribution in [0.1, 0.15) is 22.8 Å². The van der Waals surface area contributed by atoms with Crippen LogP contribution in [0.2, 0.25) is 0 Å². The number of aryl methyl sites for hydroxylation is 1. The minimum atomic E-state index is -0.247. The second kappa shape index (κ2) is 11.3. The summed E-state index contributed by atoms with van der Waals surface area (Å²) < 4.78 is 11.0. The van der Waals surface area contributed by atoms with Crippen molar-refractivity contribution >= 4 is 35.0 Å². The Balaban J connectivity index is 1.27. The summed E-state index contributed by atoms with van der Waals surface area (Å²) in [4.78, 5) is 24.8. The molecule has 4 aromatic rings. The number of nitrogens with one attached hydrogen (secondary N) is 2. The third-order valence-corrected chi connectivity index (χ3v) is 5.67. The van der Waals surface area contributed by atoms with Gasteiger partial charge in [0.2, 0.25) is 11.8 Å². The SMILES string of the molecule is CCOc1ccc(NC(=O)c2ccc(NC(=O)CSc3nnc(-c4cccc(C)c4)o3)cc2)cc1. The smallest absolute Gasteiger partial charge is 0.277 e. The van der Waals surface area contributed by atoms with E-state index in [0.29, 0.717) is 34.7 Å². The van der Waals surface area contributed by atoms with Crippen molar-refractivity contribution in [2.45, 2.75) is 19.1 Å². The van der Waals surface area contributed by atoms with E-state index >= 15 is 0 Å². The van der Waals surface area contributed by atoms with E-state index < -0.39 is 0 Å². The van der Waals surface area contributed by atoms with Crippen molar-refractivity contribution in [2.75, 3.05) is 23.0 Å². The third-order valence-electron chi connectivity index (χ3n) is 4.85. The van der Waals surface area contributed by atoms with Gasteiger partial charge in [-0.1, -0.05) is 29.5 Å². The quantitative estimate of drug-likeness (QED) is 0.303. The molecule has 178 valence electrons. The fourth-order valence-corrected chi connectivity index (χ4v) is 3.76. The van der Waals surface area contributed by atoms with Crippen LogP contribution in [0.15, 0.2) is 82.4 Å². The zero-order chi connectivity index (χ0) is 24.6. The van der Waals surface area contributed by atoms with E-state index in [-0.39, 0.29) is 17.6 Å². The van der Waals surface area contributed by atoms with Crippen LogP contribution in [0.4, 0.5) is 11.4 Å². The van der Waals surface area contributed by atoms with Gasteiger partial charge in [0.1, 0.15) is 5.75 Å². The number of carbonyl (C=O) groups is 2. The van der Waals surface area contributed by atoms with Gasteiger partial charge in [-0.15, -0.1) is 10.2 Å². The molecule has 0 aliphatic rings. The Bertz CT molecular complexity index is 1300. The molecular formula is C26H24N4O4S. The molecule has 0 radical (unpaired) electrons. The molecule has 1 heterocycles. The Morgan fingerprint density at radius 1 is 0.943 bits per heavy atom. The van der Waals surface area contributed by atoms with E-state index in [0.717, 1.165) is 28.6 Å². The zero-order valence-corrected chi connectivity index (χ0v) is 20.1. The Morgan fingerprint density at radius 3 is 2.37 bits per heavy atom. The number of amides is 2. The van der Waals surface area contributed by atoms with Crippen LogP contribution in [0, 0.1) is 6.92 Å². The monoisotopic (exact) mass is 488 g/mol. The lowest BCUT2D eigenvalue weighted by Gasteiger charge is -2.08. The number of benzene rings is 3. The Kier molecular flexibility index (Phi) is 7.79. The molecule has 0 bridgehead atoms. The van der Waals surface area contributed by atoms with Crippen molar-refractivity contribution in [1.29, 1.82) is 0 Å². The van der Waals surface area contributed by atoms with Crippen LogP contribution in [0.5, 0.6) is 5.75 Å². The van der Waals surface area contributed by atoms with Crippen LogP contribution in [-0.4, -0.2) is 34.4 Å². The molecular weight excluding hydrogens is 464 g/mol. The fraction of sp³-hybridized carbons (Fsp3) is 0.154. The minimum absolute atomic E-state index is 0.107. The molecule has 3 aromatic carbocycles. The maximum Gasteiger partial charge on any atom is 0.277 e. The molecule has 0 unspecified atom stereocenters. The van der Waals surface area contributed by atoms with Gasteiger partial charge in [-0.25, -0.2) is 0 Å². The number of hydrogen-bond acceptors (Lipinski definition) is 7. The van der Waals surface area contributed by atoms with E-state index in [4.69, 9.17) is 9.15 Å². The van der Waals surface area contributed by atoms with E-state index in [1.807, 2.05) is 38.1 Å². The number of thioether (sulfide) groups is 1. The molecule has 2 amide bonds. The molecule has 0 saturated heterocycles. The molecule has 1 aromatic heterocycles. The van der Waals surface area contributed by atoms with E-state index in [1.54, 1.807) is 48.5 Å². The largest absolute Gasteiger partial charge is 0.494 e.